The van der Waals surface area contributed by atoms with E-state index in [-0.39, 0.29) is 0 Å². The van der Waals surface area contributed by atoms with Crippen LogP contribution in [0.5, 0.6) is 0 Å². The van der Waals surface area contributed by atoms with Gasteiger partial charge in [0.05, 0.1) is 28.7 Å². The molecule has 29 heavy (non-hydrogen) atoms. The highest BCUT2D eigenvalue weighted by Crippen LogP contribution is 2.49. The van der Waals surface area contributed by atoms with Crippen LogP contribution < -0.4 is 0 Å². The second-order valence-electron chi connectivity index (χ2n) is 8.62. The molecule has 0 aromatic heterocycles. The topological polar surface area (TPSA) is 144 Å². The van der Waals surface area contributed by atoms with Gasteiger partial charge < -0.3 is 14.9 Å². The monoisotopic (exact) mass is 413 g/mol. The Hall–Kier alpha value is -3.04. The van der Waals surface area contributed by atoms with Gasteiger partial charge in [0.2, 0.25) is 5.41 Å². The zero-order chi connectivity index (χ0) is 23.1. The molecule has 0 heterocycles. The van der Waals surface area contributed by atoms with E-state index in [0.29, 0.717) is 6.07 Å². The van der Waals surface area contributed by atoms with Crippen molar-refractivity contribution >= 4 is 23.6 Å². The molecule has 2 N–H and O–H groups in total. The Morgan fingerprint density at radius 2 is 1.52 bits per heavy atom. The van der Waals surface area contributed by atoms with Gasteiger partial charge >= 0.3 is 17.9 Å². The largest absolute Gasteiger partial charge is 0.480 e. The van der Waals surface area contributed by atoms with Gasteiger partial charge in [-0.1, -0.05) is 41.5 Å². The Bertz CT molecular complexity index is 879. The Morgan fingerprint density at radius 1 is 1.07 bits per heavy atom. The van der Waals surface area contributed by atoms with Crippen LogP contribution in [-0.2, 0) is 25.2 Å². The van der Waals surface area contributed by atoms with Crippen LogP contribution in [0.4, 0.5) is 10.1 Å². The lowest BCUT2D eigenvalue weighted by Gasteiger charge is -2.38. The Morgan fingerprint density at radius 3 is 1.79 bits per heavy atom. The highest BCUT2D eigenvalue weighted by molar-refractivity contribution is 6.07. The molecule has 0 aliphatic heterocycles. The van der Waals surface area contributed by atoms with E-state index in [1.54, 1.807) is 0 Å². The first-order chi connectivity index (χ1) is 13.0. The van der Waals surface area contributed by atoms with Crippen molar-refractivity contribution in [3.63, 3.8) is 0 Å². The fourth-order valence-electron chi connectivity index (χ4n) is 3.44. The van der Waals surface area contributed by atoms with E-state index in [1.165, 1.54) is 41.5 Å². The van der Waals surface area contributed by atoms with Crippen molar-refractivity contribution in [3.05, 3.63) is 38.7 Å². The summed E-state index contributed by atoms with van der Waals surface area (Å²) in [6, 6.07) is 0.599. The standard InChI is InChI=1S/C19H24FNO8/c1-17(2,3)11-12(20)9(14(22)29-7)8-10(13(11)21(27)28)19(15(23)24,16(25)26)18(4,5)6/h8H,1-7H3,(H,23,24)(H,25,26). The molecule has 1 aromatic rings. The average Bonchev–Trinajstić information content (AvgIpc) is 2.51. The number of methoxy groups -OCH3 is 1. The predicted octanol–water partition coefficient (Wildman–Crippen LogP) is 3.27. The minimum absolute atomic E-state index is 0.587. The van der Waals surface area contributed by atoms with E-state index in [0.717, 1.165) is 7.11 Å². The number of carboxylic acid groups (broad SMARTS) is 2. The molecule has 0 unspecified atom stereocenters. The van der Waals surface area contributed by atoms with E-state index >= 15 is 4.39 Å². The molecule has 0 atom stereocenters. The molecule has 0 aliphatic rings. The Balaban J connectivity index is 4.51. The third kappa shape index (κ3) is 3.66. The summed E-state index contributed by atoms with van der Waals surface area (Å²) in [4.78, 5) is 47.6. The number of aliphatic carboxylic acids is 2. The van der Waals surface area contributed by atoms with Gasteiger partial charge in [0.25, 0.3) is 5.69 Å². The quantitative estimate of drug-likeness (QED) is 0.324. The van der Waals surface area contributed by atoms with Crippen molar-refractivity contribution in [2.75, 3.05) is 7.11 Å². The molecular weight excluding hydrogens is 389 g/mol. The molecule has 1 aromatic carbocycles. The lowest BCUT2D eigenvalue weighted by molar-refractivity contribution is -0.387. The number of nitrogens with zero attached hydrogens (tertiary/aromatic N) is 1. The number of carbonyl (C=O) groups is 3. The third-order valence-electron chi connectivity index (χ3n) is 4.75. The number of hydrogen-bond donors (Lipinski definition) is 2. The first kappa shape index (κ1) is 24.0. The molecular formula is C19H24FNO8. The predicted molar refractivity (Wildman–Crippen MR) is 99.5 cm³/mol. The SMILES string of the molecule is COC(=O)c1cc(C(C(=O)O)(C(=O)O)C(C)(C)C)c([N+](=O)[O-])c(C(C)(C)C)c1F. The summed E-state index contributed by atoms with van der Waals surface area (Å²) in [5.74, 6) is -6.26. The van der Waals surface area contributed by atoms with Crippen molar-refractivity contribution in [2.45, 2.75) is 52.4 Å². The van der Waals surface area contributed by atoms with E-state index in [9.17, 15) is 34.7 Å². The van der Waals surface area contributed by atoms with Crippen LogP contribution in [0.1, 0.15) is 63.0 Å². The fraction of sp³-hybridized carbons (Fsp3) is 0.526. The van der Waals surface area contributed by atoms with Crippen LogP contribution in [0, 0.1) is 21.3 Å². The molecule has 0 bridgehead atoms. The van der Waals surface area contributed by atoms with Gasteiger partial charge in [-0.05, 0) is 16.9 Å². The highest BCUT2D eigenvalue weighted by atomic mass is 19.1. The van der Waals surface area contributed by atoms with Gasteiger partial charge in [-0.2, -0.15) is 0 Å². The number of hydrogen-bond acceptors (Lipinski definition) is 6. The lowest BCUT2D eigenvalue weighted by atomic mass is 9.61. The summed E-state index contributed by atoms with van der Waals surface area (Å²) >= 11 is 0. The summed E-state index contributed by atoms with van der Waals surface area (Å²) < 4.78 is 19.7. The molecule has 0 amide bonds. The van der Waals surface area contributed by atoms with Gasteiger partial charge in [0, 0.05) is 0 Å². The molecule has 0 radical (unpaired) electrons. The van der Waals surface area contributed by atoms with Gasteiger partial charge in [0.1, 0.15) is 5.82 Å². The van der Waals surface area contributed by atoms with Gasteiger partial charge in [-0.25, -0.2) is 9.18 Å². The van der Waals surface area contributed by atoms with Crippen molar-refractivity contribution in [3.8, 4) is 0 Å². The maximum atomic E-state index is 15.2. The summed E-state index contributed by atoms with van der Waals surface area (Å²) in [5, 5.41) is 31.8. The molecule has 0 fully saturated rings. The van der Waals surface area contributed by atoms with Crippen molar-refractivity contribution < 1.29 is 38.6 Å². The van der Waals surface area contributed by atoms with Crippen LogP contribution in [0.3, 0.4) is 0 Å². The molecule has 0 saturated heterocycles. The van der Waals surface area contributed by atoms with Crippen molar-refractivity contribution in [1.29, 1.82) is 0 Å². The van der Waals surface area contributed by atoms with Gasteiger partial charge in [-0.3, -0.25) is 19.7 Å². The first-order valence-electron chi connectivity index (χ1n) is 8.53. The molecule has 0 aliphatic carbocycles. The second kappa shape index (κ2) is 7.41. The molecule has 10 heteroatoms. The highest BCUT2D eigenvalue weighted by Gasteiger charge is 2.61. The summed E-state index contributed by atoms with van der Waals surface area (Å²) in [6.45, 7) is 8.08. The zero-order valence-electron chi connectivity index (χ0n) is 17.2. The van der Waals surface area contributed by atoms with Gasteiger partial charge in [-0.15, -0.1) is 0 Å². The Kier molecular flexibility index (Phi) is 6.14. The van der Waals surface area contributed by atoms with E-state index in [4.69, 9.17) is 0 Å². The number of rotatable bonds is 5. The molecule has 0 saturated carbocycles. The van der Waals surface area contributed by atoms with Crippen LogP contribution in [0.2, 0.25) is 0 Å². The van der Waals surface area contributed by atoms with Crippen LogP contribution in [0.25, 0.3) is 0 Å². The van der Waals surface area contributed by atoms with E-state index in [1.807, 2.05) is 0 Å². The first-order valence-corrected chi connectivity index (χ1v) is 8.53. The van der Waals surface area contributed by atoms with Crippen molar-refractivity contribution in [2.24, 2.45) is 5.41 Å². The van der Waals surface area contributed by atoms with Gasteiger partial charge in [0.15, 0.2) is 0 Å². The normalized spacial score (nSPS) is 12.4. The molecule has 0 spiro atoms. The molecule has 9 nitrogen and oxygen atoms in total. The molecule has 160 valence electrons. The third-order valence-corrected chi connectivity index (χ3v) is 4.75. The summed E-state index contributed by atoms with van der Waals surface area (Å²) in [6.07, 6.45) is 0. The van der Waals surface area contributed by atoms with E-state index in [2.05, 4.69) is 4.74 Å². The number of benzene rings is 1. The maximum absolute atomic E-state index is 15.2. The number of esters is 1. The second-order valence-corrected chi connectivity index (χ2v) is 8.62. The summed E-state index contributed by atoms with van der Waals surface area (Å²) in [5.41, 5.74) is -8.90. The van der Waals surface area contributed by atoms with E-state index < -0.39 is 67.3 Å². The van der Waals surface area contributed by atoms with Crippen LogP contribution in [-0.4, -0.2) is 40.2 Å². The lowest BCUT2D eigenvalue weighted by Crippen LogP contribution is -2.54. The number of ether oxygens (including phenoxy) is 1. The fourth-order valence-corrected chi connectivity index (χ4v) is 3.44. The molecule has 1 rings (SSSR count). The number of carboxylic acids is 2. The van der Waals surface area contributed by atoms with Crippen LogP contribution in [0.15, 0.2) is 6.07 Å². The minimum Gasteiger partial charge on any atom is -0.480 e. The number of carbonyl (C=O) groups excluding carboxylic acids is 1. The number of nitro benzene ring substituents is 1. The maximum Gasteiger partial charge on any atom is 0.340 e. The number of nitro groups is 1. The Labute approximate surface area is 166 Å². The van der Waals surface area contributed by atoms with Crippen molar-refractivity contribution in [1.82, 2.24) is 0 Å². The van der Waals surface area contributed by atoms with Crippen LogP contribution >= 0.6 is 0 Å². The average molecular weight is 413 g/mol. The smallest absolute Gasteiger partial charge is 0.340 e. The number of halogens is 1. The summed E-state index contributed by atoms with van der Waals surface area (Å²) in [7, 11) is 0.949. The zero-order valence-corrected chi connectivity index (χ0v) is 17.2. The minimum atomic E-state index is -2.86.